The first-order valence-corrected chi connectivity index (χ1v) is 12.3. The van der Waals surface area contributed by atoms with Gasteiger partial charge in [0, 0.05) is 25.8 Å². The van der Waals surface area contributed by atoms with Crippen LogP contribution in [0.3, 0.4) is 0 Å². The van der Waals surface area contributed by atoms with Crippen molar-refractivity contribution in [2.45, 2.75) is 19.4 Å². The van der Waals surface area contributed by atoms with Crippen molar-refractivity contribution in [3.63, 3.8) is 0 Å². The van der Waals surface area contributed by atoms with E-state index in [0.29, 0.717) is 21.3 Å². The minimum atomic E-state index is -0.871. The number of thioether (sulfide) groups is 1. The molecular weight excluding hydrogens is 458 g/mol. The van der Waals surface area contributed by atoms with Gasteiger partial charge in [0.1, 0.15) is 0 Å². The Bertz CT molecular complexity index is 1330. The van der Waals surface area contributed by atoms with Crippen molar-refractivity contribution in [3.05, 3.63) is 100.0 Å². The minimum absolute atomic E-state index is 0.0271. The number of amides is 1. The van der Waals surface area contributed by atoms with E-state index in [1.54, 1.807) is 36.2 Å². The number of likely N-dealkylation sites (N-methyl/N-ethyl adjacent to an activating group) is 1. The Hall–Kier alpha value is -3.84. The number of aliphatic imine (C=N–C) groups is 1. The number of benzene rings is 3. The lowest BCUT2D eigenvalue weighted by molar-refractivity contribution is -0.136. The molecule has 1 fully saturated rings. The number of anilines is 1. The predicted molar refractivity (Wildman–Crippen MR) is 141 cm³/mol. The van der Waals surface area contributed by atoms with E-state index in [1.165, 1.54) is 28.6 Å². The van der Waals surface area contributed by atoms with Gasteiger partial charge in [-0.25, -0.2) is 4.99 Å². The standard InChI is InChI=1S/C28H25N3O3S/c1-30-27(34)25(35-28(30)29-23-10-6-20(7-11-23)17-26(32)33)16-19-8-12-24(13-9-19)31-15-14-21-4-2-3-5-22(21)18-31/h2-13,16H,14-15,17-18H2,1H3,(H,32,33). The number of carboxylic acids is 1. The Morgan fingerprint density at radius 3 is 2.46 bits per heavy atom. The highest BCUT2D eigenvalue weighted by atomic mass is 32.2. The maximum Gasteiger partial charge on any atom is 0.307 e. The molecule has 1 amide bonds. The average molecular weight is 484 g/mol. The van der Waals surface area contributed by atoms with E-state index < -0.39 is 5.97 Å². The van der Waals surface area contributed by atoms with E-state index in [9.17, 15) is 9.59 Å². The summed E-state index contributed by atoms with van der Waals surface area (Å²) in [5.74, 6) is -0.960. The molecule has 7 heteroatoms. The monoisotopic (exact) mass is 483 g/mol. The number of fused-ring (bicyclic) bond motifs is 1. The average Bonchev–Trinajstić information content (AvgIpc) is 3.12. The lowest BCUT2D eigenvalue weighted by atomic mass is 9.99. The van der Waals surface area contributed by atoms with Gasteiger partial charge in [-0.1, -0.05) is 48.5 Å². The van der Waals surface area contributed by atoms with Crippen molar-refractivity contribution in [3.8, 4) is 0 Å². The molecule has 176 valence electrons. The third kappa shape index (κ3) is 5.15. The van der Waals surface area contributed by atoms with Gasteiger partial charge in [-0.3, -0.25) is 14.5 Å². The largest absolute Gasteiger partial charge is 0.481 e. The number of aliphatic carboxylic acids is 1. The molecular formula is C28H25N3O3S. The van der Waals surface area contributed by atoms with Crippen LogP contribution in [0.2, 0.25) is 0 Å². The van der Waals surface area contributed by atoms with Crippen LogP contribution >= 0.6 is 11.8 Å². The first kappa shape index (κ1) is 22.9. The number of carboxylic acid groups (broad SMARTS) is 1. The SMILES string of the molecule is CN1C(=O)C(=Cc2ccc(N3CCc4ccccc4C3)cc2)SC1=Nc1ccc(CC(=O)O)cc1. The van der Waals surface area contributed by atoms with E-state index in [4.69, 9.17) is 5.11 Å². The molecule has 1 N–H and O–H groups in total. The number of carbonyl (C=O) groups is 2. The summed E-state index contributed by atoms with van der Waals surface area (Å²) < 4.78 is 0. The number of hydrogen-bond acceptors (Lipinski definition) is 5. The first-order valence-electron chi connectivity index (χ1n) is 11.4. The van der Waals surface area contributed by atoms with E-state index in [2.05, 4.69) is 46.3 Å². The Labute approximate surface area is 208 Å². The maximum absolute atomic E-state index is 12.8. The fraction of sp³-hybridized carbons (Fsp3) is 0.179. The summed E-state index contributed by atoms with van der Waals surface area (Å²) in [6.45, 7) is 1.90. The second-order valence-corrected chi connectivity index (χ2v) is 9.65. The summed E-state index contributed by atoms with van der Waals surface area (Å²) in [7, 11) is 1.71. The zero-order chi connectivity index (χ0) is 24.4. The molecule has 3 aromatic rings. The fourth-order valence-corrected chi connectivity index (χ4v) is 5.26. The number of hydrogen-bond donors (Lipinski definition) is 1. The van der Waals surface area contributed by atoms with Gasteiger partial charge in [0.05, 0.1) is 17.0 Å². The Kier molecular flexibility index (Phi) is 6.42. The highest BCUT2D eigenvalue weighted by Crippen LogP contribution is 2.33. The van der Waals surface area contributed by atoms with E-state index in [0.717, 1.165) is 25.1 Å². The molecule has 2 heterocycles. The summed E-state index contributed by atoms with van der Waals surface area (Å²) in [6, 6.07) is 23.9. The zero-order valence-electron chi connectivity index (χ0n) is 19.3. The van der Waals surface area contributed by atoms with E-state index in [-0.39, 0.29) is 12.3 Å². The van der Waals surface area contributed by atoms with Crippen LogP contribution in [0.4, 0.5) is 11.4 Å². The van der Waals surface area contributed by atoms with Crippen LogP contribution in [0.1, 0.15) is 22.3 Å². The van der Waals surface area contributed by atoms with Crippen LogP contribution in [0.25, 0.3) is 6.08 Å². The molecule has 0 radical (unpaired) electrons. The van der Waals surface area contributed by atoms with Crippen LogP contribution < -0.4 is 4.90 Å². The molecule has 1 saturated heterocycles. The third-order valence-electron chi connectivity index (χ3n) is 6.21. The van der Waals surface area contributed by atoms with Crippen molar-refractivity contribution in [2.24, 2.45) is 4.99 Å². The normalized spacial score (nSPS) is 17.8. The molecule has 0 spiro atoms. The van der Waals surface area contributed by atoms with Gasteiger partial charge >= 0.3 is 5.97 Å². The number of amidine groups is 1. The molecule has 35 heavy (non-hydrogen) atoms. The molecule has 6 nitrogen and oxygen atoms in total. The van der Waals surface area contributed by atoms with Gasteiger partial charge in [-0.2, -0.15) is 0 Å². The topological polar surface area (TPSA) is 73.2 Å². The smallest absolute Gasteiger partial charge is 0.307 e. The third-order valence-corrected chi connectivity index (χ3v) is 7.27. The number of carbonyl (C=O) groups excluding carboxylic acids is 1. The van der Waals surface area contributed by atoms with Gasteiger partial charge in [0.2, 0.25) is 0 Å². The molecule has 0 atom stereocenters. The predicted octanol–water partition coefficient (Wildman–Crippen LogP) is 5.11. The van der Waals surface area contributed by atoms with Crippen LogP contribution in [0, 0.1) is 0 Å². The lowest BCUT2D eigenvalue weighted by Gasteiger charge is -2.30. The number of nitrogens with zero attached hydrogens (tertiary/aromatic N) is 3. The molecule has 2 aliphatic heterocycles. The Morgan fingerprint density at radius 2 is 1.74 bits per heavy atom. The number of rotatable bonds is 5. The van der Waals surface area contributed by atoms with Gasteiger partial charge in [-0.15, -0.1) is 0 Å². The van der Waals surface area contributed by atoms with Crippen LogP contribution in [-0.2, 0) is 29.0 Å². The van der Waals surface area contributed by atoms with Gasteiger partial charge in [-0.05, 0) is 70.8 Å². The van der Waals surface area contributed by atoms with Crippen LogP contribution in [-0.4, -0.2) is 40.6 Å². The highest BCUT2D eigenvalue weighted by Gasteiger charge is 2.30. The van der Waals surface area contributed by atoms with Crippen molar-refractivity contribution in [1.82, 2.24) is 4.90 Å². The Balaban J connectivity index is 1.29. The maximum atomic E-state index is 12.8. The van der Waals surface area contributed by atoms with Crippen molar-refractivity contribution < 1.29 is 14.7 Å². The molecule has 0 aliphatic carbocycles. The zero-order valence-corrected chi connectivity index (χ0v) is 20.2. The van der Waals surface area contributed by atoms with Crippen molar-refractivity contribution in [2.75, 3.05) is 18.5 Å². The summed E-state index contributed by atoms with van der Waals surface area (Å²) in [5, 5.41) is 9.51. The quantitative estimate of drug-likeness (QED) is 0.511. The lowest BCUT2D eigenvalue weighted by Crippen LogP contribution is -2.30. The second kappa shape index (κ2) is 9.80. The van der Waals surface area contributed by atoms with Gasteiger partial charge in [0.15, 0.2) is 5.17 Å². The summed E-state index contributed by atoms with van der Waals surface area (Å²) in [6.07, 6.45) is 2.92. The molecule has 0 bridgehead atoms. The molecule has 0 unspecified atom stereocenters. The van der Waals surface area contributed by atoms with Crippen LogP contribution in [0.5, 0.6) is 0 Å². The van der Waals surface area contributed by atoms with Crippen LogP contribution in [0.15, 0.2) is 82.7 Å². The van der Waals surface area contributed by atoms with E-state index >= 15 is 0 Å². The molecule has 3 aromatic carbocycles. The highest BCUT2D eigenvalue weighted by molar-refractivity contribution is 8.18. The van der Waals surface area contributed by atoms with E-state index in [1.807, 2.05) is 18.2 Å². The minimum Gasteiger partial charge on any atom is -0.481 e. The first-order chi connectivity index (χ1) is 17.0. The van der Waals surface area contributed by atoms with Gasteiger partial charge < -0.3 is 10.0 Å². The van der Waals surface area contributed by atoms with Crippen molar-refractivity contribution in [1.29, 1.82) is 0 Å². The summed E-state index contributed by atoms with van der Waals surface area (Å²) >= 11 is 1.34. The fourth-order valence-electron chi connectivity index (χ4n) is 4.27. The van der Waals surface area contributed by atoms with Gasteiger partial charge in [0.25, 0.3) is 5.91 Å². The summed E-state index contributed by atoms with van der Waals surface area (Å²) in [5.41, 5.74) is 6.34. The molecule has 2 aliphatic rings. The van der Waals surface area contributed by atoms with Crippen molar-refractivity contribution >= 4 is 46.3 Å². The summed E-state index contributed by atoms with van der Waals surface area (Å²) in [4.78, 5) is 32.8. The molecule has 0 saturated carbocycles. The second-order valence-electron chi connectivity index (χ2n) is 8.64. The molecule has 0 aromatic heterocycles. The molecule has 5 rings (SSSR count). The Morgan fingerprint density at radius 1 is 1.03 bits per heavy atom.